The van der Waals surface area contributed by atoms with Crippen LogP contribution in [0.2, 0.25) is 0 Å². The number of hydrogen-bond donors (Lipinski definition) is 1. The van der Waals surface area contributed by atoms with Gasteiger partial charge in [0.2, 0.25) is 18.6 Å². The zero-order valence-corrected chi connectivity index (χ0v) is 18.2. The molecule has 1 atom stereocenters. The second kappa shape index (κ2) is 8.02. The van der Waals surface area contributed by atoms with Crippen LogP contribution in [0.4, 0.5) is 5.69 Å². The Morgan fingerprint density at radius 2 is 1.91 bits per heavy atom. The minimum atomic E-state index is -1.00. The number of nitrogens with one attached hydrogen (secondary N) is 1. The highest BCUT2D eigenvalue weighted by Crippen LogP contribution is 2.54. The molecule has 0 saturated heterocycles. The van der Waals surface area contributed by atoms with Crippen molar-refractivity contribution in [2.75, 3.05) is 38.0 Å². The summed E-state index contributed by atoms with van der Waals surface area (Å²) >= 11 is 0. The summed E-state index contributed by atoms with van der Waals surface area (Å²) < 4.78 is 22.5. The highest BCUT2D eigenvalue weighted by atomic mass is 16.7. The monoisotopic (exact) mass is 438 g/mol. The van der Waals surface area contributed by atoms with Crippen LogP contribution in [0.3, 0.4) is 0 Å². The van der Waals surface area contributed by atoms with Crippen molar-refractivity contribution >= 4 is 17.5 Å². The number of carbonyl (C=O) groups excluding carboxylic acids is 2. The molecule has 2 aromatic rings. The van der Waals surface area contributed by atoms with Crippen LogP contribution < -0.4 is 24.4 Å². The van der Waals surface area contributed by atoms with Crippen LogP contribution in [0.1, 0.15) is 31.4 Å². The van der Waals surface area contributed by atoms with Crippen molar-refractivity contribution in [2.24, 2.45) is 0 Å². The summed E-state index contributed by atoms with van der Waals surface area (Å²) in [4.78, 5) is 28.0. The van der Waals surface area contributed by atoms with Crippen LogP contribution in [0, 0.1) is 0 Å². The molecule has 168 valence electrons. The van der Waals surface area contributed by atoms with Crippen molar-refractivity contribution in [3.8, 4) is 17.2 Å². The molecule has 5 rings (SSSR count). The SMILES string of the molecule is CC(C)OCCCNC(=O)CN1C(=O)C2(COc3cc4c(cc32)OCO4)c2ccccc21. The molecular formula is C24H26N2O6. The van der Waals surface area contributed by atoms with Gasteiger partial charge in [-0.25, -0.2) is 0 Å². The Labute approximate surface area is 186 Å². The second-order valence-corrected chi connectivity index (χ2v) is 8.43. The lowest BCUT2D eigenvalue weighted by Crippen LogP contribution is -2.46. The summed E-state index contributed by atoms with van der Waals surface area (Å²) in [5.74, 6) is 1.43. The van der Waals surface area contributed by atoms with E-state index in [9.17, 15) is 9.59 Å². The van der Waals surface area contributed by atoms with Crippen LogP contribution in [0.15, 0.2) is 36.4 Å². The van der Waals surface area contributed by atoms with Gasteiger partial charge in [-0.15, -0.1) is 0 Å². The molecule has 0 aliphatic carbocycles. The van der Waals surface area contributed by atoms with Gasteiger partial charge in [-0.2, -0.15) is 0 Å². The van der Waals surface area contributed by atoms with Crippen molar-refractivity contribution in [1.29, 1.82) is 0 Å². The normalized spacial score (nSPS) is 20.0. The maximum absolute atomic E-state index is 13.8. The number of rotatable bonds is 7. The summed E-state index contributed by atoms with van der Waals surface area (Å²) in [6.07, 6.45) is 0.877. The zero-order chi connectivity index (χ0) is 22.3. The van der Waals surface area contributed by atoms with Crippen molar-refractivity contribution in [3.63, 3.8) is 0 Å². The first-order valence-corrected chi connectivity index (χ1v) is 10.9. The third kappa shape index (κ3) is 3.26. The first-order valence-electron chi connectivity index (χ1n) is 10.9. The number of ether oxygens (including phenoxy) is 4. The van der Waals surface area contributed by atoms with E-state index >= 15 is 0 Å². The van der Waals surface area contributed by atoms with E-state index in [1.165, 1.54) is 0 Å². The zero-order valence-electron chi connectivity index (χ0n) is 18.2. The Morgan fingerprint density at radius 3 is 2.72 bits per heavy atom. The number of amides is 2. The lowest BCUT2D eigenvalue weighted by molar-refractivity contribution is -0.125. The Bertz CT molecular complexity index is 1070. The van der Waals surface area contributed by atoms with Crippen molar-refractivity contribution in [2.45, 2.75) is 31.8 Å². The molecule has 0 bridgehead atoms. The van der Waals surface area contributed by atoms with E-state index < -0.39 is 5.41 Å². The van der Waals surface area contributed by atoms with Crippen LogP contribution in [0.5, 0.6) is 17.2 Å². The molecule has 0 fully saturated rings. The van der Waals surface area contributed by atoms with Crippen LogP contribution in [-0.2, 0) is 19.7 Å². The largest absolute Gasteiger partial charge is 0.491 e. The Hall–Kier alpha value is -3.26. The fourth-order valence-electron chi connectivity index (χ4n) is 4.54. The number of carbonyl (C=O) groups is 2. The van der Waals surface area contributed by atoms with E-state index in [0.717, 1.165) is 16.8 Å². The highest BCUT2D eigenvalue weighted by Gasteiger charge is 2.57. The molecule has 1 unspecified atom stereocenters. The molecule has 0 radical (unpaired) electrons. The van der Waals surface area contributed by atoms with E-state index in [4.69, 9.17) is 18.9 Å². The van der Waals surface area contributed by atoms with Gasteiger partial charge in [0.15, 0.2) is 11.5 Å². The summed E-state index contributed by atoms with van der Waals surface area (Å²) in [5, 5.41) is 2.89. The first-order chi connectivity index (χ1) is 15.5. The van der Waals surface area contributed by atoms with Gasteiger partial charge in [0.1, 0.15) is 24.3 Å². The minimum Gasteiger partial charge on any atom is -0.491 e. The van der Waals surface area contributed by atoms with Gasteiger partial charge in [-0.05, 0) is 38.0 Å². The van der Waals surface area contributed by atoms with Gasteiger partial charge in [0.05, 0.1) is 6.10 Å². The van der Waals surface area contributed by atoms with E-state index in [1.807, 2.05) is 44.2 Å². The van der Waals surface area contributed by atoms with Crippen LogP contribution >= 0.6 is 0 Å². The summed E-state index contributed by atoms with van der Waals surface area (Å²) in [6.45, 7) is 5.29. The van der Waals surface area contributed by atoms with E-state index in [2.05, 4.69) is 5.32 Å². The number of fused-ring (bicyclic) bond motifs is 5. The Morgan fingerprint density at radius 1 is 1.12 bits per heavy atom. The maximum Gasteiger partial charge on any atom is 0.246 e. The fourth-order valence-corrected chi connectivity index (χ4v) is 4.54. The van der Waals surface area contributed by atoms with Crippen LogP contribution in [0.25, 0.3) is 0 Å². The van der Waals surface area contributed by atoms with Crippen LogP contribution in [-0.4, -0.2) is 51.0 Å². The van der Waals surface area contributed by atoms with Crippen molar-refractivity contribution in [1.82, 2.24) is 5.32 Å². The van der Waals surface area contributed by atoms with Gasteiger partial charge < -0.3 is 29.2 Å². The number of anilines is 1. The molecule has 8 heteroatoms. The lowest BCUT2D eigenvalue weighted by atomic mass is 9.77. The van der Waals surface area contributed by atoms with E-state index in [0.29, 0.717) is 36.8 Å². The molecule has 0 aromatic heterocycles. The standard InChI is InChI=1S/C24H26N2O6/c1-15(2)29-9-5-8-25-22(27)12-26-18-7-4-3-6-16(18)24(23(26)28)13-30-19-11-21-20(10-17(19)24)31-14-32-21/h3-4,6-7,10-11,15H,5,8-9,12-14H2,1-2H3,(H,25,27). The summed E-state index contributed by atoms with van der Waals surface area (Å²) in [7, 11) is 0. The van der Waals surface area contributed by atoms with Gasteiger partial charge in [0.25, 0.3) is 0 Å². The average molecular weight is 438 g/mol. The molecule has 3 heterocycles. The van der Waals surface area contributed by atoms with Crippen molar-refractivity contribution < 1.29 is 28.5 Å². The fraction of sp³-hybridized carbons (Fsp3) is 0.417. The van der Waals surface area contributed by atoms with Crippen molar-refractivity contribution in [3.05, 3.63) is 47.5 Å². The Balaban J connectivity index is 1.38. The average Bonchev–Trinajstić information content (AvgIpc) is 3.45. The second-order valence-electron chi connectivity index (χ2n) is 8.43. The maximum atomic E-state index is 13.8. The predicted molar refractivity (Wildman–Crippen MR) is 116 cm³/mol. The van der Waals surface area contributed by atoms with Gasteiger partial charge in [0, 0.05) is 30.5 Å². The predicted octanol–water partition coefficient (Wildman–Crippen LogP) is 2.37. The molecule has 32 heavy (non-hydrogen) atoms. The topological polar surface area (TPSA) is 86.3 Å². The number of para-hydroxylation sites is 1. The molecule has 2 aromatic carbocycles. The molecular weight excluding hydrogens is 412 g/mol. The van der Waals surface area contributed by atoms with Gasteiger partial charge in [-0.3, -0.25) is 9.59 Å². The third-order valence-corrected chi connectivity index (χ3v) is 6.04. The number of nitrogens with zero attached hydrogens (tertiary/aromatic N) is 1. The molecule has 1 N–H and O–H groups in total. The molecule has 2 amide bonds. The molecule has 1 spiro atoms. The minimum absolute atomic E-state index is 0.0531. The Kier molecular flexibility index (Phi) is 5.17. The van der Waals surface area contributed by atoms with E-state index in [1.54, 1.807) is 11.0 Å². The first kappa shape index (κ1) is 20.6. The molecule has 8 nitrogen and oxygen atoms in total. The summed E-state index contributed by atoms with van der Waals surface area (Å²) in [5.41, 5.74) is 1.30. The third-order valence-electron chi connectivity index (χ3n) is 6.04. The lowest BCUT2D eigenvalue weighted by Gasteiger charge is -2.23. The van der Waals surface area contributed by atoms with Gasteiger partial charge >= 0.3 is 0 Å². The summed E-state index contributed by atoms with van der Waals surface area (Å²) in [6, 6.07) is 11.2. The smallest absolute Gasteiger partial charge is 0.246 e. The quantitative estimate of drug-likeness (QED) is 0.668. The number of benzene rings is 2. The molecule has 3 aliphatic rings. The molecule has 3 aliphatic heterocycles. The number of hydrogen-bond acceptors (Lipinski definition) is 6. The highest BCUT2D eigenvalue weighted by molar-refractivity contribution is 6.13. The molecule has 0 saturated carbocycles. The van der Waals surface area contributed by atoms with E-state index in [-0.39, 0.29) is 37.9 Å². The van der Waals surface area contributed by atoms with Gasteiger partial charge in [-0.1, -0.05) is 18.2 Å².